The van der Waals surface area contributed by atoms with Crippen molar-refractivity contribution in [2.75, 3.05) is 32.8 Å². The van der Waals surface area contributed by atoms with Crippen molar-refractivity contribution in [1.82, 2.24) is 15.1 Å². The number of hydrogen-bond acceptors (Lipinski definition) is 3. The average Bonchev–Trinajstić information content (AvgIpc) is 3.00. The van der Waals surface area contributed by atoms with Gasteiger partial charge in [0.05, 0.1) is 6.04 Å². The van der Waals surface area contributed by atoms with E-state index in [1.807, 2.05) is 35.2 Å². The fourth-order valence-corrected chi connectivity index (χ4v) is 3.56. The second kappa shape index (κ2) is 8.34. The van der Waals surface area contributed by atoms with Crippen LogP contribution in [-0.2, 0) is 9.53 Å². The van der Waals surface area contributed by atoms with E-state index in [0.717, 1.165) is 37.9 Å². The Hall–Kier alpha value is -2.08. The second-order valence-electron chi connectivity index (χ2n) is 6.70. The molecular weight excluding hydrogens is 318 g/mol. The van der Waals surface area contributed by atoms with Gasteiger partial charge >= 0.3 is 6.03 Å². The second-order valence-corrected chi connectivity index (χ2v) is 6.70. The van der Waals surface area contributed by atoms with Crippen molar-refractivity contribution in [2.24, 2.45) is 0 Å². The van der Waals surface area contributed by atoms with Crippen LogP contribution in [0, 0.1) is 0 Å². The third kappa shape index (κ3) is 4.31. The molecule has 2 saturated heterocycles. The van der Waals surface area contributed by atoms with Gasteiger partial charge in [0, 0.05) is 26.2 Å². The molecule has 0 aliphatic carbocycles. The summed E-state index contributed by atoms with van der Waals surface area (Å²) in [6.45, 7) is 4.97. The molecule has 2 aliphatic rings. The Balaban J connectivity index is 1.60. The van der Waals surface area contributed by atoms with Gasteiger partial charge in [-0.15, -0.1) is 0 Å². The summed E-state index contributed by atoms with van der Waals surface area (Å²) in [4.78, 5) is 28.5. The maximum absolute atomic E-state index is 12.7. The highest BCUT2D eigenvalue weighted by Gasteiger charge is 2.33. The minimum absolute atomic E-state index is 0.0387. The number of ether oxygens (including phenoxy) is 1. The molecule has 2 heterocycles. The zero-order valence-electron chi connectivity index (χ0n) is 14.8. The van der Waals surface area contributed by atoms with Crippen LogP contribution in [0.2, 0.25) is 0 Å². The van der Waals surface area contributed by atoms with E-state index in [1.165, 1.54) is 0 Å². The topological polar surface area (TPSA) is 61.9 Å². The first kappa shape index (κ1) is 17.7. The maximum Gasteiger partial charge on any atom is 0.318 e. The number of carbonyl (C=O) groups excluding carboxylic acids is 2. The standard InChI is InChI=1S/C19H27N3O3/c1-2-10-21-11-6-12-22(14-17(21)23)19(24)20-16-9-13-25-18(16)15-7-4-3-5-8-15/h3-5,7-8,16,18H,2,6,9-14H2,1H3,(H,20,24)/t16-,18+/m1/s1. The third-order valence-corrected chi connectivity index (χ3v) is 4.84. The Morgan fingerprint density at radius 3 is 2.84 bits per heavy atom. The summed E-state index contributed by atoms with van der Waals surface area (Å²) in [5.41, 5.74) is 1.08. The van der Waals surface area contributed by atoms with E-state index in [4.69, 9.17) is 4.74 Å². The third-order valence-electron chi connectivity index (χ3n) is 4.84. The molecule has 2 aliphatic heterocycles. The molecule has 1 aromatic rings. The highest BCUT2D eigenvalue weighted by Crippen LogP contribution is 2.29. The first-order valence-electron chi connectivity index (χ1n) is 9.19. The van der Waals surface area contributed by atoms with Crippen molar-refractivity contribution in [2.45, 2.75) is 38.3 Å². The molecule has 0 bridgehead atoms. The molecule has 2 fully saturated rings. The normalized spacial score (nSPS) is 24.3. The van der Waals surface area contributed by atoms with Crippen LogP contribution in [0.4, 0.5) is 4.79 Å². The molecule has 6 heteroatoms. The summed E-state index contributed by atoms with van der Waals surface area (Å²) in [5.74, 6) is 0.0387. The summed E-state index contributed by atoms with van der Waals surface area (Å²) < 4.78 is 5.83. The van der Waals surface area contributed by atoms with Crippen molar-refractivity contribution in [1.29, 1.82) is 0 Å². The van der Waals surface area contributed by atoms with Crippen molar-refractivity contribution >= 4 is 11.9 Å². The van der Waals surface area contributed by atoms with E-state index >= 15 is 0 Å². The number of amides is 3. The Morgan fingerprint density at radius 1 is 1.28 bits per heavy atom. The predicted octanol–water partition coefficient (Wildman–Crippen LogP) is 2.17. The number of carbonyl (C=O) groups is 2. The average molecular weight is 345 g/mol. The molecule has 0 saturated carbocycles. The highest BCUT2D eigenvalue weighted by molar-refractivity contribution is 5.84. The van der Waals surface area contributed by atoms with Gasteiger partial charge < -0.3 is 19.9 Å². The molecule has 3 rings (SSSR count). The SMILES string of the molecule is CCCN1CCCN(C(=O)N[C@@H]2CCO[C@H]2c2ccccc2)CC1=O. The molecule has 0 unspecified atom stereocenters. The van der Waals surface area contributed by atoms with E-state index in [1.54, 1.807) is 4.90 Å². The smallest absolute Gasteiger partial charge is 0.318 e. The van der Waals surface area contributed by atoms with Crippen LogP contribution in [0.5, 0.6) is 0 Å². The number of rotatable bonds is 4. The summed E-state index contributed by atoms with van der Waals surface area (Å²) >= 11 is 0. The molecule has 1 aromatic carbocycles. The zero-order valence-corrected chi connectivity index (χ0v) is 14.8. The van der Waals surface area contributed by atoms with E-state index in [0.29, 0.717) is 13.2 Å². The van der Waals surface area contributed by atoms with Gasteiger partial charge in [-0.05, 0) is 24.8 Å². The maximum atomic E-state index is 12.7. The number of nitrogens with one attached hydrogen (secondary N) is 1. The number of urea groups is 1. The van der Waals surface area contributed by atoms with Gasteiger partial charge in [-0.2, -0.15) is 0 Å². The van der Waals surface area contributed by atoms with Crippen LogP contribution in [-0.4, -0.2) is 60.6 Å². The molecule has 2 atom stereocenters. The van der Waals surface area contributed by atoms with E-state index in [2.05, 4.69) is 12.2 Å². The largest absolute Gasteiger partial charge is 0.371 e. The van der Waals surface area contributed by atoms with E-state index < -0.39 is 0 Å². The molecule has 3 amide bonds. The highest BCUT2D eigenvalue weighted by atomic mass is 16.5. The number of benzene rings is 1. The molecule has 0 aromatic heterocycles. The number of hydrogen-bond donors (Lipinski definition) is 1. The monoisotopic (exact) mass is 345 g/mol. The van der Waals surface area contributed by atoms with Gasteiger partial charge in [0.1, 0.15) is 12.6 Å². The lowest BCUT2D eigenvalue weighted by Gasteiger charge is -2.26. The lowest BCUT2D eigenvalue weighted by Crippen LogP contribution is -2.48. The molecule has 6 nitrogen and oxygen atoms in total. The van der Waals surface area contributed by atoms with Gasteiger partial charge in [0.25, 0.3) is 0 Å². The van der Waals surface area contributed by atoms with Gasteiger partial charge in [-0.25, -0.2) is 4.79 Å². The Labute approximate surface area is 149 Å². The Morgan fingerprint density at radius 2 is 2.08 bits per heavy atom. The molecule has 0 radical (unpaired) electrons. The van der Waals surface area contributed by atoms with Gasteiger partial charge in [-0.1, -0.05) is 37.3 Å². The summed E-state index contributed by atoms with van der Waals surface area (Å²) in [5, 5.41) is 3.08. The fourth-order valence-electron chi connectivity index (χ4n) is 3.56. The molecular formula is C19H27N3O3. The molecule has 0 spiro atoms. The molecule has 1 N–H and O–H groups in total. The van der Waals surface area contributed by atoms with E-state index in [-0.39, 0.29) is 30.6 Å². The van der Waals surface area contributed by atoms with Crippen molar-refractivity contribution in [3.63, 3.8) is 0 Å². The van der Waals surface area contributed by atoms with Crippen molar-refractivity contribution in [3.8, 4) is 0 Å². The first-order valence-corrected chi connectivity index (χ1v) is 9.19. The van der Waals surface area contributed by atoms with Crippen molar-refractivity contribution in [3.05, 3.63) is 35.9 Å². The summed E-state index contributed by atoms with van der Waals surface area (Å²) in [6, 6.07) is 9.75. The Kier molecular flexibility index (Phi) is 5.91. The van der Waals surface area contributed by atoms with Crippen LogP contribution in [0.1, 0.15) is 37.9 Å². The first-order chi connectivity index (χ1) is 12.2. The Bertz CT molecular complexity index is 593. The van der Waals surface area contributed by atoms with Gasteiger partial charge in [0.2, 0.25) is 5.91 Å². The van der Waals surface area contributed by atoms with Crippen LogP contribution in [0.25, 0.3) is 0 Å². The van der Waals surface area contributed by atoms with Crippen LogP contribution in [0.15, 0.2) is 30.3 Å². The summed E-state index contributed by atoms with van der Waals surface area (Å²) in [7, 11) is 0. The lowest BCUT2D eigenvalue weighted by atomic mass is 10.0. The lowest BCUT2D eigenvalue weighted by molar-refractivity contribution is -0.130. The minimum atomic E-state index is -0.164. The van der Waals surface area contributed by atoms with Crippen LogP contribution in [0.3, 0.4) is 0 Å². The predicted molar refractivity (Wildman–Crippen MR) is 95.1 cm³/mol. The van der Waals surface area contributed by atoms with E-state index in [9.17, 15) is 9.59 Å². The van der Waals surface area contributed by atoms with Gasteiger partial charge in [0.15, 0.2) is 0 Å². The molecule has 136 valence electrons. The van der Waals surface area contributed by atoms with Crippen molar-refractivity contribution < 1.29 is 14.3 Å². The zero-order chi connectivity index (χ0) is 17.6. The van der Waals surface area contributed by atoms with Crippen LogP contribution < -0.4 is 5.32 Å². The fraction of sp³-hybridized carbons (Fsp3) is 0.579. The number of nitrogens with zero attached hydrogens (tertiary/aromatic N) is 2. The molecule has 25 heavy (non-hydrogen) atoms. The van der Waals surface area contributed by atoms with Crippen LogP contribution >= 0.6 is 0 Å². The van der Waals surface area contributed by atoms with Gasteiger partial charge in [-0.3, -0.25) is 4.79 Å². The quantitative estimate of drug-likeness (QED) is 0.910. The minimum Gasteiger partial charge on any atom is -0.371 e. The summed E-state index contributed by atoms with van der Waals surface area (Å²) in [6.07, 6.45) is 2.43.